The zero-order valence-corrected chi connectivity index (χ0v) is 19.0. The number of para-hydroxylation sites is 1. The molecule has 166 valence electrons. The molecule has 0 aliphatic carbocycles. The van der Waals surface area contributed by atoms with Gasteiger partial charge in [0, 0.05) is 37.1 Å². The fraction of sp³-hybridized carbons (Fsp3) is 0.333. The number of nitrogens with one attached hydrogen (secondary N) is 1. The topological polar surface area (TPSA) is 48.5 Å². The van der Waals surface area contributed by atoms with E-state index in [2.05, 4.69) is 45.5 Å². The van der Waals surface area contributed by atoms with E-state index < -0.39 is 0 Å². The highest BCUT2D eigenvalue weighted by molar-refractivity contribution is 5.90. The van der Waals surface area contributed by atoms with Crippen molar-refractivity contribution < 1.29 is 4.79 Å². The van der Waals surface area contributed by atoms with Crippen molar-refractivity contribution in [3.8, 4) is 0 Å². The molecule has 0 unspecified atom stereocenters. The molecule has 1 fully saturated rings. The highest BCUT2D eigenvalue weighted by Gasteiger charge is 2.28. The number of piperidine rings is 1. The summed E-state index contributed by atoms with van der Waals surface area (Å²) in [6.45, 7) is 7.45. The van der Waals surface area contributed by atoms with Gasteiger partial charge in [-0.05, 0) is 56.0 Å². The van der Waals surface area contributed by atoms with Gasteiger partial charge in [-0.2, -0.15) is 0 Å². The Hall–Kier alpha value is -3.18. The molecule has 2 heterocycles. The maximum atomic E-state index is 13.4. The van der Waals surface area contributed by atoms with E-state index in [1.165, 1.54) is 5.56 Å². The number of hydrogen-bond donors (Lipinski definition) is 1. The maximum absolute atomic E-state index is 13.4. The van der Waals surface area contributed by atoms with Crippen molar-refractivity contribution in [2.24, 2.45) is 0 Å². The lowest BCUT2D eigenvalue weighted by molar-refractivity contribution is 0.119. The molecule has 1 aliphatic rings. The highest BCUT2D eigenvalue weighted by atomic mass is 16.2. The van der Waals surface area contributed by atoms with Crippen molar-refractivity contribution in [1.82, 2.24) is 14.8 Å². The summed E-state index contributed by atoms with van der Waals surface area (Å²) in [7, 11) is 0. The van der Waals surface area contributed by atoms with Crippen LogP contribution in [0.2, 0.25) is 0 Å². The molecule has 0 radical (unpaired) electrons. The number of aryl methyl sites for hydroxylation is 2. The van der Waals surface area contributed by atoms with Crippen LogP contribution in [0.3, 0.4) is 0 Å². The first kappa shape index (κ1) is 22.0. The van der Waals surface area contributed by atoms with Gasteiger partial charge in [-0.25, -0.2) is 4.79 Å². The number of rotatable bonds is 6. The van der Waals surface area contributed by atoms with Gasteiger partial charge in [-0.1, -0.05) is 54.6 Å². The van der Waals surface area contributed by atoms with Crippen LogP contribution < -0.4 is 5.32 Å². The minimum Gasteiger partial charge on any atom is -0.316 e. The van der Waals surface area contributed by atoms with Gasteiger partial charge >= 0.3 is 6.03 Å². The van der Waals surface area contributed by atoms with Gasteiger partial charge in [0.1, 0.15) is 0 Å². The van der Waals surface area contributed by atoms with E-state index in [0.717, 1.165) is 55.1 Å². The number of urea groups is 1. The SMILES string of the molecule is Cc1cccc(CN(C(=O)Nc2ccccc2C)C2CCN(Cc3ccccc3)CC2)n1. The van der Waals surface area contributed by atoms with Gasteiger partial charge in [-0.15, -0.1) is 0 Å². The smallest absolute Gasteiger partial charge is 0.316 e. The van der Waals surface area contributed by atoms with Crippen molar-refractivity contribution in [3.05, 3.63) is 95.3 Å². The first-order valence-corrected chi connectivity index (χ1v) is 11.4. The Morgan fingerprint density at radius 2 is 1.69 bits per heavy atom. The van der Waals surface area contributed by atoms with Gasteiger partial charge < -0.3 is 10.2 Å². The Balaban J connectivity index is 1.46. The van der Waals surface area contributed by atoms with E-state index in [9.17, 15) is 4.79 Å². The van der Waals surface area contributed by atoms with Gasteiger partial charge in [0.15, 0.2) is 0 Å². The quantitative estimate of drug-likeness (QED) is 0.572. The number of hydrogen-bond acceptors (Lipinski definition) is 3. The lowest BCUT2D eigenvalue weighted by Gasteiger charge is -2.38. The molecule has 0 spiro atoms. The van der Waals surface area contributed by atoms with Crippen molar-refractivity contribution in [2.45, 2.75) is 45.8 Å². The molecule has 0 saturated carbocycles. The van der Waals surface area contributed by atoms with Crippen LogP contribution in [-0.2, 0) is 13.1 Å². The fourth-order valence-corrected chi connectivity index (χ4v) is 4.36. The van der Waals surface area contributed by atoms with Crippen LogP contribution in [-0.4, -0.2) is 39.9 Å². The average Bonchev–Trinajstić information content (AvgIpc) is 2.80. The van der Waals surface area contributed by atoms with Gasteiger partial charge in [0.05, 0.1) is 12.2 Å². The largest absolute Gasteiger partial charge is 0.322 e. The summed E-state index contributed by atoms with van der Waals surface area (Å²) in [5, 5.41) is 3.14. The molecular formula is C27H32N4O. The van der Waals surface area contributed by atoms with Crippen molar-refractivity contribution in [3.63, 3.8) is 0 Å². The average molecular weight is 429 g/mol. The summed E-state index contributed by atoms with van der Waals surface area (Å²) in [5.74, 6) is 0. The number of carbonyl (C=O) groups excluding carboxylic acids is 1. The summed E-state index contributed by atoms with van der Waals surface area (Å²) in [4.78, 5) is 22.5. The number of benzene rings is 2. The number of aromatic nitrogens is 1. The minimum atomic E-state index is -0.0517. The van der Waals surface area contributed by atoms with Crippen molar-refractivity contribution in [1.29, 1.82) is 0 Å². The monoisotopic (exact) mass is 428 g/mol. The fourth-order valence-electron chi connectivity index (χ4n) is 4.36. The minimum absolute atomic E-state index is 0.0517. The van der Waals surface area contributed by atoms with E-state index in [0.29, 0.717) is 6.54 Å². The molecule has 5 nitrogen and oxygen atoms in total. The molecule has 3 aromatic rings. The molecule has 2 aromatic carbocycles. The molecule has 1 aliphatic heterocycles. The molecule has 1 saturated heterocycles. The van der Waals surface area contributed by atoms with Gasteiger partial charge in [-0.3, -0.25) is 9.88 Å². The first-order valence-electron chi connectivity index (χ1n) is 11.4. The van der Waals surface area contributed by atoms with Crippen LogP contribution >= 0.6 is 0 Å². The third-order valence-electron chi connectivity index (χ3n) is 6.17. The number of nitrogens with zero attached hydrogens (tertiary/aromatic N) is 3. The second-order valence-electron chi connectivity index (χ2n) is 8.64. The number of carbonyl (C=O) groups is 1. The number of amides is 2. The van der Waals surface area contributed by atoms with Crippen LogP contribution in [0, 0.1) is 13.8 Å². The summed E-state index contributed by atoms with van der Waals surface area (Å²) in [6, 6.07) is 24.7. The summed E-state index contributed by atoms with van der Waals surface area (Å²) >= 11 is 0. The van der Waals surface area contributed by atoms with E-state index in [4.69, 9.17) is 0 Å². The van der Waals surface area contributed by atoms with E-state index >= 15 is 0 Å². The summed E-state index contributed by atoms with van der Waals surface area (Å²) in [6.07, 6.45) is 1.92. The van der Waals surface area contributed by atoms with Crippen LogP contribution in [0.5, 0.6) is 0 Å². The Kier molecular flexibility index (Phi) is 7.17. The number of likely N-dealkylation sites (tertiary alicyclic amines) is 1. The standard InChI is InChI=1S/C27H32N4O/c1-21-9-6-7-14-26(21)29-27(32)31(20-24-13-8-10-22(2)28-24)25-15-17-30(18-16-25)19-23-11-4-3-5-12-23/h3-14,25H,15-20H2,1-2H3,(H,29,32). The molecule has 4 rings (SSSR count). The predicted octanol–water partition coefficient (Wildman–Crippen LogP) is 5.40. The van der Waals surface area contributed by atoms with E-state index in [-0.39, 0.29) is 12.1 Å². The molecular weight excluding hydrogens is 396 g/mol. The molecule has 0 atom stereocenters. The lowest BCUT2D eigenvalue weighted by atomic mass is 10.0. The number of pyridine rings is 1. The van der Waals surface area contributed by atoms with Crippen LogP contribution in [0.15, 0.2) is 72.8 Å². The van der Waals surface area contributed by atoms with E-state index in [1.54, 1.807) is 0 Å². The maximum Gasteiger partial charge on any atom is 0.322 e. The molecule has 32 heavy (non-hydrogen) atoms. The zero-order chi connectivity index (χ0) is 22.3. The third-order valence-corrected chi connectivity index (χ3v) is 6.17. The van der Waals surface area contributed by atoms with Crippen LogP contribution in [0.1, 0.15) is 35.4 Å². The highest BCUT2D eigenvalue weighted by Crippen LogP contribution is 2.22. The van der Waals surface area contributed by atoms with Gasteiger partial charge in [0.2, 0.25) is 0 Å². The lowest BCUT2D eigenvalue weighted by Crippen LogP contribution is -2.48. The summed E-state index contributed by atoms with van der Waals surface area (Å²) < 4.78 is 0. The molecule has 1 aromatic heterocycles. The molecule has 2 amide bonds. The third kappa shape index (κ3) is 5.74. The Labute approximate surface area is 191 Å². The number of anilines is 1. The second kappa shape index (κ2) is 10.4. The normalized spacial score (nSPS) is 14.8. The molecule has 5 heteroatoms. The first-order chi connectivity index (χ1) is 15.6. The van der Waals surface area contributed by atoms with E-state index in [1.807, 2.05) is 61.2 Å². The van der Waals surface area contributed by atoms with Crippen LogP contribution in [0.4, 0.5) is 10.5 Å². The Morgan fingerprint density at radius 1 is 0.969 bits per heavy atom. The second-order valence-corrected chi connectivity index (χ2v) is 8.64. The summed E-state index contributed by atoms with van der Waals surface area (Å²) in [5.41, 5.74) is 5.16. The molecule has 1 N–H and O–H groups in total. The predicted molar refractivity (Wildman–Crippen MR) is 129 cm³/mol. The Morgan fingerprint density at radius 3 is 2.41 bits per heavy atom. The van der Waals surface area contributed by atoms with Crippen LogP contribution in [0.25, 0.3) is 0 Å². The zero-order valence-electron chi connectivity index (χ0n) is 19.0. The van der Waals surface area contributed by atoms with Crippen molar-refractivity contribution in [2.75, 3.05) is 18.4 Å². The van der Waals surface area contributed by atoms with Gasteiger partial charge in [0.25, 0.3) is 0 Å². The molecule has 0 bridgehead atoms. The Bertz CT molecular complexity index is 1030. The van der Waals surface area contributed by atoms with Crippen molar-refractivity contribution >= 4 is 11.7 Å².